The number of aromatic nitrogens is 2. The standard InChI is InChI=1S/C10H10N2S/c1-7-5-13-10(8(7)2)9-3-4-11-6-12-9/h3-6H,1-2H3. The summed E-state index contributed by atoms with van der Waals surface area (Å²) in [4.78, 5) is 9.37. The molecule has 2 rings (SSSR count). The molecule has 2 aromatic rings. The van der Waals surface area contributed by atoms with E-state index in [0.717, 1.165) is 5.69 Å². The Hall–Kier alpha value is -1.22. The number of aryl methyl sites for hydroxylation is 1. The van der Waals surface area contributed by atoms with E-state index in [2.05, 4.69) is 29.2 Å². The molecule has 0 amide bonds. The first-order chi connectivity index (χ1) is 6.29. The van der Waals surface area contributed by atoms with Gasteiger partial charge in [0, 0.05) is 6.20 Å². The van der Waals surface area contributed by atoms with Crippen molar-refractivity contribution in [3.05, 3.63) is 35.1 Å². The first-order valence-corrected chi connectivity index (χ1v) is 4.98. The van der Waals surface area contributed by atoms with Gasteiger partial charge in [-0.25, -0.2) is 9.97 Å². The van der Waals surface area contributed by atoms with Gasteiger partial charge in [-0.15, -0.1) is 11.3 Å². The second-order valence-corrected chi connectivity index (χ2v) is 3.85. The van der Waals surface area contributed by atoms with Crippen LogP contribution < -0.4 is 0 Å². The summed E-state index contributed by atoms with van der Waals surface area (Å²) in [6.45, 7) is 4.25. The van der Waals surface area contributed by atoms with Crippen molar-refractivity contribution in [2.24, 2.45) is 0 Å². The highest BCUT2D eigenvalue weighted by Gasteiger charge is 2.06. The van der Waals surface area contributed by atoms with E-state index in [1.54, 1.807) is 23.9 Å². The highest BCUT2D eigenvalue weighted by molar-refractivity contribution is 7.13. The van der Waals surface area contributed by atoms with Crippen LogP contribution in [0.3, 0.4) is 0 Å². The third-order valence-corrected chi connectivity index (χ3v) is 3.32. The van der Waals surface area contributed by atoms with Gasteiger partial charge in [-0.1, -0.05) is 0 Å². The van der Waals surface area contributed by atoms with E-state index in [1.807, 2.05) is 6.07 Å². The average Bonchev–Trinajstić information content (AvgIpc) is 2.49. The van der Waals surface area contributed by atoms with E-state index >= 15 is 0 Å². The first-order valence-electron chi connectivity index (χ1n) is 4.10. The summed E-state index contributed by atoms with van der Waals surface area (Å²) in [5.74, 6) is 0. The van der Waals surface area contributed by atoms with E-state index in [0.29, 0.717) is 0 Å². The summed E-state index contributed by atoms with van der Waals surface area (Å²) < 4.78 is 0. The highest BCUT2D eigenvalue weighted by Crippen LogP contribution is 2.29. The molecule has 0 aliphatic heterocycles. The molecule has 0 saturated heterocycles. The molecule has 66 valence electrons. The van der Waals surface area contributed by atoms with E-state index in [9.17, 15) is 0 Å². The molecule has 0 aliphatic rings. The van der Waals surface area contributed by atoms with E-state index in [1.165, 1.54) is 16.0 Å². The fraction of sp³-hybridized carbons (Fsp3) is 0.200. The number of rotatable bonds is 1. The first kappa shape index (κ1) is 8.38. The summed E-state index contributed by atoms with van der Waals surface area (Å²) >= 11 is 1.74. The van der Waals surface area contributed by atoms with Gasteiger partial charge in [-0.05, 0) is 36.4 Å². The molecule has 0 atom stereocenters. The van der Waals surface area contributed by atoms with Gasteiger partial charge in [-0.2, -0.15) is 0 Å². The lowest BCUT2D eigenvalue weighted by atomic mass is 10.1. The van der Waals surface area contributed by atoms with Crippen LogP contribution in [-0.4, -0.2) is 9.97 Å². The lowest BCUT2D eigenvalue weighted by molar-refractivity contribution is 1.17. The number of thiophene rings is 1. The molecule has 2 nitrogen and oxygen atoms in total. The van der Waals surface area contributed by atoms with Crippen molar-refractivity contribution in [3.63, 3.8) is 0 Å². The van der Waals surface area contributed by atoms with Crippen LogP contribution in [0.5, 0.6) is 0 Å². The molecule has 0 spiro atoms. The lowest BCUT2D eigenvalue weighted by Gasteiger charge is -1.97. The molecule has 13 heavy (non-hydrogen) atoms. The van der Waals surface area contributed by atoms with Crippen LogP contribution in [0.25, 0.3) is 10.6 Å². The molecule has 0 saturated carbocycles. The van der Waals surface area contributed by atoms with Crippen LogP contribution in [0.4, 0.5) is 0 Å². The van der Waals surface area contributed by atoms with Gasteiger partial charge < -0.3 is 0 Å². The van der Waals surface area contributed by atoms with Crippen molar-refractivity contribution in [2.75, 3.05) is 0 Å². The fourth-order valence-electron chi connectivity index (χ4n) is 1.18. The fourth-order valence-corrected chi connectivity index (χ4v) is 2.23. The SMILES string of the molecule is Cc1csc(-c2ccncn2)c1C. The summed E-state index contributed by atoms with van der Waals surface area (Å²) in [5, 5.41) is 2.16. The molecular weight excluding hydrogens is 180 g/mol. The molecule has 0 fully saturated rings. The van der Waals surface area contributed by atoms with Gasteiger partial charge >= 0.3 is 0 Å². The lowest BCUT2D eigenvalue weighted by Crippen LogP contribution is -1.83. The molecule has 0 unspecified atom stereocenters. The summed E-state index contributed by atoms with van der Waals surface area (Å²) in [5.41, 5.74) is 3.67. The smallest absolute Gasteiger partial charge is 0.116 e. The number of nitrogens with zero attached hydrogens (tertiary/aromatic N) is 2. The third-order valence-electron chi connectivity index (χ3n) is 2.10. The van der Waals surface area contributed by atoms with Crippen molar-refractivity contribution in [1.82, 2.24) is 9.97 Å². The monoisotopic (exact) mass is 190 g/mol. The zero-order valence-corrected chi connectivity index (χ0v) is 8.43. The molecule has 2 aromatic heterocycles. The van der Waals surface area contributed by atoms with Crippen LogP contribution in [0.15, 0.2) is 24.0 Å². The summed E-state index contributed by atoms with van der Waals surface area (Å²) in [7, 11) is 0. The maximum Gasteiger partial charge on any atom is 0.116 e. The zero-order valence-electron chi connectivity index (χ0n) is 7.61. The molecule has 0 bridgehead atoms. The van der Waals surface area contributed by atoms with Gasteiger partial charge in [-0.3, -0.25) is 0 Å². The minimum Gasteiger partial charge on any atom is -0.245 e. The molecule has 0 aliphatic carbocycles. The highest BCUT2D eigenvalue weighted by atomic mass is 32.1. The van der Waals surface area contributed by atoms with E-state index in [4.69, 9.17) is 0 Å². The predicted octanol–water partition coefficient (Wildman–Crippen LogP) is 2.82. The van der Waals surface area contributed by atoms with Crippen LogP contribution in [0.1, 0.15) is 11.1 Å². The Morgan fingerprint density at radius 3 is 2.69 bits per heavy atom. The quantitative estimate of drug-likeness (QED) is 0.691. The molecule has 3 heteroatoms. The van der Waals surface area contributed by atoms with Crippen molar-refractivity contribution in [2.45, 2.75) is 13.8 Å². The normalized spacial score (nSPS) is 10.3. The minimum atomic E-state index is 1.02. The van der Waals surface area contributed by atoms with Crippen LogP contribution in [0.2, 0.25) is 0 Å². The van der Waals surface area contributed by atoms with Gasteiger partial charge in [0.2, 0.25) is 0 Å². The van der Waals surface area contributed by atoms with Crippen LogP contribution >= 0.6 is 11.3 Å². The van der Waals surface area contributed by atoms with E-state index < -0.39 is 0 Å². The number of hydrogen-bond donors (Lipinski definition) is 0. The number of hydrogen-bond acceptors (Lipinski definition) is 3. The van der Waals surface area contributed by atoms with E-state index in [-0.39, 0.29) is 0 Å². The van der Waals surface area contributed by atoms with Crippen molar-refractivity contribution in [3.8, 4) is 10.6 Å². The van der Waals surface area contributed by atoms with Gasteiger partial charge in [0.15, 0.2) is 0 Å². The van der Waals surface area contributed by atoms with Crippen molar-refractivity contribution in [1.29, 1.82) is 0 Å². The average molecular weight is 190 g/mol. The minimum absolute atomic E-state index is 1.02. The van der Waals surface area contributed by atoms with Crippen molar-refractivity contribution >= 4 is 11.3 Å². The largest absolute Gasteiger partial charge is 0.245 e. The maximum absolute atomic E-state index is 4.22. The van der Waals surface area contributed by atoms with Crippen LogP contribution in [-0.2, 0) is 0 Å². The van der Waals surface area contributed by atoms with Gasteiger partial charge in [0.05, 0.1) is 10.6 Å². The Morgan fingerprint density at radius 1 is 1.31 bits per heavy atom. The second kappa shape index (κ2) is 3.26. The van der Waals surface area contributed by atoms with Gasteiger partial charge in [0.25, 0.3) is 0 Å². The Balaban J connectivity index is 2.53. The second-order valence-electron chi connectivity index (χ2n) is 2.97. The Kier molecular flexibility index (Phi) is 2.10. The Labute approximate surface area is 81.3 Å². The maximum atomic E-state index is 4.22. The molecule has 0 aromatic carbocycles. The molecule has 0 N–H and O–H groups in total. The Bertz CT molecular complexity index is 406. The topological polar surface area (TPSA) is 25.8 Å². The predicted molar refractivity (Wildman–Crippen MR) is 54.8 cm³/mol. The van der Waals surface area contributed by atoms with Crippen LogP contribution in [0, 0.1) is 13.8 Å². The zero-order chi connectivity index (χ0) is 9.26. The Morgan fingerprint density at radius 2 is 2.15 bits per heavy atom. The summed E-state index contributed by atoms with van der Waals surface area (Å²) in [6, 6.07) is 1.94. The molecular formula is C10H10N2S. The molecule has 2 heterocycles. The van der Waals surface area contributed by atoms with Crippen molar-refractivity contribution < 1.29 is 0 Å². The van der Waals surface area contributed by atoms with Gasteiger partial charge in [0.1, 0.15) is 6.33 Å². The summed E-state index contributed by atoms with van der Waals surface area (Å²) in [6.07, 6.45) is 3.36. The third kappa shape index (κ3) is 1.47. The molecule has 0 radical (unpaired) electrons.